The molecule has 4 heterocycles. The second-order valence-electron chi connectivity index (χ2n) is 9.08. The minimum atomic E-state index is -4.59. The first-order valence-corrected chi connectivity index (χ1v) is 11.8. The topological polar surface area (TPSA) is 103 Å². The minimum absolute atomic E-state index is 0.0407. The Morgan fingerprint density at radius 3 is 2.46 bits per heavy atom. The Morgan fingerprint density at radius 1 is 1.00 bits per heavy atom. The number of fused-ring (bicyclic) bond motifs is 1. The van der Waals surface area contributed by atoms with Crippen LogP contribution >= 0.6 is 0 Å². The van der Waals surface area contributed by atoms with Crippen LogP contribution in [-0.2, 0) is 13.2 Å². The van der Waals surface area contributed by atoms with Gasteiger partial charge in [0.05, 0.1) is 41.2 Å². The number of urea groups is 1. The SMILES string of the molecule is CC(C)c1cc(NC(=O)Nc2ccc(-c3cncc4c3cnn4C)cc2F)n(-c2ccc(C(F)(F)F)nc2)n1. The number of rotatable bonds is 5. The molecule has 0 bridgehead atoms. The van der Waals surface area contributed by atoms with Gasteiger partial charge >= 0.3 is 12.2 Å². The third-order valence-corrected chi connectivity index (χ3v) is 6.05. The summed E-state index contributed by atoms with van der Waals surface area (Å²) in [6, 6.07) is 7.21. The maximum Gasteiger partial charge on any atom is 0.433 e. The largest absolute Gasteiger partial charge is 0.433 e. The molecule has 0 fully saturated rings. The smallest absolute Gasteiger partial charge is 0.305 e. The highest BCUT2D eigenvalue weighted by Gasteiger charge is 2.32. The van der Waals surface area contributed by atoms with Gasteiger partial charge in [0.2, 0.25) is 0 Å². The van der Waals surface area contributed by atoms with Crippen LogP contribution in [0.1, 0.15) is 31.2 Å². The molecule has 0 atom stereocenters. The molecule has 5 rings (SSSR count). The Kier molecular flexibility index (Phi) is 6.50. The Balaban J connectivity index is 1.38. The highest BCUT2D eigenvalue weighted by atomic mass is 19.4. The van der Waals surface area contributed by atoms with Gasteiger partial charge in [0.25, 0.3) is 0 Å². The van der Waals surface area contributed by atoms with E-state index in [1.807, 2.05) is 13.8 Å². The Morgan fingerprint density at radius 2 is 1.79 bits per heavy atom. The molecular formula is C26H22F4N8O. The lowest BCUT2D eigenvalue weighted by Crippen LogP contribution is -2.22. The number of aryl methyl sites for hydroxylation is 1. The Labute approximate surface area is 219 Å². The van der Waals surface area contributed by atoms with Crippen LogP contribution in [0.4, 0.5) is 33.9 Å². The Bertz CT molecular complexity index is 1670. The fourth-order valence-corrected chi connectivity index (χ4v) is 3.99. The first-order valence-electron chi connectivity index (χ1n) is 11.8. The summed E-state index contributed by atoms with van der Waals surface area (Å²) in [5.74, 6) is -0.544. The minimum Gasteiger partial charge on any atom is -0.305 e. The third-order valence-electron chi connectivity index (χ3n) is 6.05. The summed E-state index contributed by atoms with van der Waals surface area (Å²) < 4.78 is 56.7. The highest BCUT2D eigenvalue weighted by molar-refractivity contribution is 6.00. The molecule has 0 aliphatic carbocycles. The van der Waals surface area contributed by atoms with Crippen molar-refractivity contribution in [1.29, 1.82) is 0 Å². The molecule has 1 aromatic carbocycles. The number of halogens is 4. The van der Waals surface area contributed by atoms with Crippen molar-refractivity contribution in [2.75, 3.05) is 10.6 Å². The van der Waals surface area contributed by atoms with Crippen molar-refractivity contribution in [3.8, 4) is 16.8 Å². The lowest BCUT2D eigenvalue weighted by Gasteiger charge is -2.12. The van der Waals surface area contributed by atoms with Crippen LogP contribution in [0.25, 0.3) is 27.7 Å². The predicted molar refractivity (Wildman–Crippen MR) is 137 cm³/mol. The quantitative estimate of drug-likeness (QED) is 0.262. The standard InChI is InChI=1S/C26H22F4N8O/c1-14(2)21-9-24(38(36-21)16-5-7-23(32-10-16)26(28,29)30)35-25(39)34-20-6-4-15(8-19(20)27)17-11-31-13-22-18(17)12-33-37(22)3/h4-14H,1-3H3,(H2,34,35,39). The molecule has 4 aromatic heterocycles. The molecule has 5 aromatic rings. The molecule has 0 spiro atoms. The molecule has 0 aliphatic heterocycles. The monoisotopic (exact) mass is 538 g/mol. The van der Waals surface area contributed by atoms with Crippen LogP contribution in [0.2, 0.25) is 0 Å². The molecule has 0 aliphatic rings. The lowest BCUT2D eigenvalue weighted by molar-refractivity contribution is -0.141. The summed E-state index contributed by atoms with van der Waals surface area (Å²) in [4.78, 5) is 20.5. The molecule has 2 amide bonds. The maximum atomic E-state index is 15.0. The average Bonchev–Trinajstić information content (AvgIpc) is 3.49. The fraction of sp³-hybridized carbons (Fsp3) is 0.192. The van der Waals surface area contributed by atoms with Crippen LogP contribution in [0.3, 0.4) is 0 Å². The third kappa shape index (κ3) is 5.15. The van der Waals surface area contributed by atoms with Crippen LogP contribution in [0.15, 0.2) is 61.2 Å². The molecule has 2 N–H and O–H groups in total. The van der Waals surface area contributed by atoms with E-state index in [9.17, 15) is 18.0 Å². The van der Waals surface area contributed by atoms with Crippen LogP contribution in [-0.4, -0.2) is 35.6 Å². The van der Waals surface area contributed by atoms with Gasteiger partial charge in [0.1, 0.15) is 17.3 Å². The second-order valence-corrected chi connectivity index (χ2v) is 9.08. The number of benzene rings is 1. The van der Waals surface area contributed by atoms with Crippen molar-refractivity contribution in [1.82, 2.24) is 29.5 Å². The zero-order chi connectivity index (χ0) is 27.9. The number of hydrogen-bond acceptors (Lipinski definition) is 5. The molecule has 9 nitrogen and oxygen atoms in total. The van der Waals surface area contributed by atoms with Crippen molar-refractivity contribution in [3.63, 3.8) is 0 Å². The van der Waals surface area contributed by atoms with E-state index in [2.05, 4.69) is 30.8 Å². The lowest BCUT2D eigenvalue weighted by atomic mass is 10.0. The number of hydrogen-bond donors (Lipinski definition) is 2. The molecule has 200 valence electrons. The predicted octanol–water partition coefficient (Wildman–Crippen LogP) is 6.14. The van der Waals surface area contributed by atoms with Gasteiger partial charge in [-0.15, -0.1) is 0 Å². The highest BCUT2D eigenvalue weighted by Crippen LogP contribution is 2.31. The maximum absolute atomic E-state index is 15.0. The van der Waals surface area contributed by atoms with E-state index >= 15 is 4.39 Å². The number of carbonyl (C=O) groups excluding carboxylic acids is 1. The number of anilines is 2. The zero-order valence-electron chi connectivity index (χ0n) is 21.0. The molecule has 0 radical (unpaired) electrons. The van der Waals surface area contributed by atoms with Gasteiger partial charge in [0, 0.05) is 30.3 Å². The average molecular weight is 539 g/mol. The van der Waals surface area contributed by atoms with Gasteiger partial charge in [-0.25, -0.2) is 18.9 Å². The van der Waals surface area contributed by atoms with Gasteiger partial charge in [-0.2, -0.15) is 23.4 Å². The molecule has 13 heteroatoms. The number of nitrogens with zero attached hydrogens (tertiary/aromatic N) is 6. The summed E-state index contributed by atoms with van der Waals surface area (Å²) in [6.07, 6.45) is 1.37. The number of amides is 2. The van der Waals surface area contributed by atoms with Crippen molar-refractivity contribution >= 4 is 28.4 Å². The number of pyridine rings is 2. The molecule has 0 saturated carbocycles. The van der Waals surface area contributed by atoms with Gasteiger partial charge in [-0.05, 0) is 35.7 Å². The van der Waals surface area contributed by atoms with Gasteiger partial charge in [0.15, 0.2) is 0 Å². The first-order chi connectivity index (χ1) is 18.5. The Hall–Kier alpha value is -4.81. The first kappa shape index (κ1) is 25.8. The van der Waals surface area contributed by atoms with Crippen molar-refractivity contribution < 1.29 is 22.4 Å². The van der Waals surface area contributed by atoms with Crippen LogP contribution in [0.5, 0.6) is 0 Å². The number of aromatic nitrogens is 6. The normalized spacial score (nSPS) is 11.8. The van der Waals surface area contributed by atoms with Crippen molar-refractivity contribution in [2.45, 2.75) is 25.9 Å². The molecular weight excluding hydrogens is 516 g/mol. The van der Waals surface area contributed by atoms with Gasteiger partial charge in [-0.3, -0.25) is 15.0 Å². The number of carbonyl (C=O) groups is 1. The zero-order valence-corrected chi connectivity index (χ0v) is 21.0. The fourth-order valence-electron chi connectivity index (χ4n) is 3.99. The van der Waals surface area contributed by atoms with Crippen LogP contribution in [0, 0.1) is 5.82 Å². The van der Waals surface area contributed by atoms with Crippen LogP contribution < -0.4 is 10.6 Å². The van der Waals surface area contributed by atoms with E-state index in [0.717, 1.165) is 23.2 Å². The molecule has 39 heavy (non-hydrogen) atoms. The summed E-state index contributed by atoms with van der Waals surface area (Å²) in [6.45, 7) is 3.75. The van der Waals surface area contributed by atoms with E-state index in [1.165, 1.54) is 22.9 Å². The summed E-state index contributed by atoms with van der Waals surface area (Å²) in [7, 11) is 1.78. The van der Waals surface area contributed by atoms with E-state index in [4.69, 9.17) is 0 Å². The van der Waals surface area contributed by atoms with E-state index in [0.29, 0.717) is 16.8 Å². The molecule has 0 unspecified atom stereocenters. The van der Waals surface area contributed by atoms with Crippen molar-refractivity contribution in [3.05, 3.63) is 78.4 Å². The summed E-state index contributed by atoms with van der Waals surface area (Å²) >= 11 is 0. The second kappa shape index (κ2) is 9.82. The van der Waals surface area contributed by atoms with Crippen molar-refractivity contribution in [2.24, 2.45) is 7.05 Å². The summed E-state index contributed by atoms with van der Waals surface area (Å²) in [5, 5.41) is 14.5. The van der Waals surface area contributed by atoms with Gasteiger partial charge < -0.3 is 5.32 Å². The van der Waals surface area contributed by atoms with E-state index < -0.39 is 23.7 Å². The number of alkyl halides is 3. The van der Waals surface area contributed by atoms with E-state index in [1.54, 1.807) is 42.5 Å². The van der Waals surface area contributed by atoms with Gasteiger partial charge in [-0.1, -0.05) is 19.9 Å². The summed E-state index contributed by atoms with van der Waals surface area (Å²) in [5.41, 5.74) is 1.69. The van der Waals surface area contributed by atoms with E-state index in [-0.39, 0.29) is 23.1 Å². The number of nitrogens with one attached hydrogen (secondary N) is 2. The molecule has 0 saturated heterocycles.